The lowest BCUT2D eigenvalue weighted by molar-refractivity contribution is -0.114. The van der Waals surface area contributed by atoms with Crippen LogP contribution in [0.1, 0.15) is 19.8 Å². The maximum atomic E-state index is 11.5. The molecule has 0 aliphatic carbocycles. The monoisotopic (exact) mass is 376 g/mol. The molecule has 0 bridgehead atoms. The van der Waals surface area contributed by atoms with Crippen LogP contribution in [0, 0.1) is 0 Å². The van der Waals surface area contributed by atoms with Crippen LogP contribution in [0.15, 0.2) is 35.3 Å². The molecule has 0 aromatic heterocycles. The molecule has 19 heavy (non-hydrogen) atoms. The number of nitrogens with two attached hydrogens (primary N) is 1. The lowest BCUT2D eigenvalue weighted by Crippen LogP contribution is -2.33. The van der Waals surface area contributed by atoms with E-state index in [-0.39, 0.29) is 36.4 Å². The third kappa shape index (κ3) is 8.41. The second-order valence-corrected chi connectivity index (χ2v) is 3.90. The van der Waals surface area contributed by atoms with Crippen LogP contribution in [-0.2, 0) is 4.79 Å². The van der Waals surface area contributed by atoms with E-state index in [4.69, 9.17) is 5.73 Å². The van der Waals surface area contributed by atoms with Crippen molar-refractivity contribution in [3.05, 3.63) is 30.3 Å². The number of nitrogens with one attached hydrogen (secondary N) is 2. The summed E-state index contributed by atoms with van der Waals surface area (Å²) in [4.78, 5) is 15.5. The number of halogens is 1. The third-order valence-corrected chi connectivity index (χ3v) is 2.29. The Morgan fingerprint density at radius 2 is 2.00 bits per heavy atom. The lowest BCUT2D eigenvalue weighted by Gasteiger charge is -2.05. The highest BCUT2D eigenvalue weighted by molar-refractivity contribution is 14.0. The van der Waals surface area contributed by atoms with Gasteiger partial charge in [0.2, 0.25) is 5.91 Å². The Kier molecular flexibility index (Phi) is 9.87. The normalized spacial score (nSPS) is 10.5. The summed E-state index contributed by atoms with van der Waals surface area (Å²) in [5.74, 6) is 0.133. The van der Waals surface area contributed by atoms with E-state index < -0.39 is 0 Å². The fourth-order valence-corrected chi connectivity index (χ4v) is 1.33. The minimum atomic E-state index is -0.179. The van der Waals surface area contributed by atoms with E-state index in [1.165, 1.54) is 0 Å². The van der Waals surface area contributed by atoms with E-state index >= 15 is 0 Å². The van der Waals surface area contributed by atoms with E-state index in [0.29, 0.717) is 5.96 Å². The third-order valence-electron chi connectivity index (χ3n) is 2.29. The van der Waals surface area contributed by atoms with Crippen LogP contribution in [0.2, 0.25) is 0 Å². The molecule has 0 unspecified atom stereocenters. The molecule has 1 aromatic carbocycles. The molecule has 0 atom stereocenters. The summed E-state index contributed by atoms with van der Waals surface area (Å²) in [6.07, 6.45) is 2.13. The molecular weight excluding hydrogens is 355 g/mol. The number of benzene rings is 1. The largest absolute Gasteiger partial charge is 0.370 e. The number of para-hydroxylation sites is 1. The number of nitrogens with zero attached hydrogens (tertiary/aromatic N) is 1. The predicted molar refractivity (Wildman–Crippen MR) is 89.9 cm³/mol. The van der Waals surface area contributed by atoms with Crippen molar-refractivity contribution in [3.8, 4) is 0 Å². The minimum Gasteiger partial charge on any atom is -0.370 e. The SMILES string of the molecule is CCCCNC(N)=NCC(=O)Nc1ccccc1.I. The number of anilines is 1. The number of amides is 1. The van der Waals surface area contributed by atoms with E-state index in [2.05, 4.69) is 22.5 Å². The molecule has 1 rings (SSSR count). The van der Waals surface area contributed by atoms with Crippen molar-refractivity contribution in [1.82, 2.24) is 5.32 Å². The number of unbranched alkanes of at least 4 members (excludes halogenated alkanes) is 1. The van der Waals surface area contributed by atoms with Crippen molar-refractivity contribution in [3.63, 3.8) is 0 Å². The Morgan fingerprint density at radius 3 is 2.63 bits per heavy atom. The van der Waals surface area contributed by atoms with Gasteiger partial charge in [-0.1, -0.05) is 31.5 Å². The van der Waals surface area contributed by atoms with Crippen molar-refractivity contribution in [2.24, 2.45) is 10.7 Å². The number of rotatable bonds is 6. The van der Waals surface area contributed by atoms with Crippen molar-refractivity contribution < 1.29 is 4.79 Å². The Hall–Kier alpha value is -1.31. The van der Waals surface area contributed by atoms with Crippen LogP contribution >= 0.6 is 24.0 Å². The first-order valence-electron chi connectivity index (χ1n) is 6.11. The van der Waals surface area contributed by atoms with Gasteiger partial charge in [-0.2, -0.15) is 0 Å². The zero-order valence-corrected chi connectivity index (χ0v) is 13.4. The number of hydrogen-bond donors (Lipinski definition) is 3. The Morgan fingerprint density at radius 1 is 1.32 bits per heavy atom. The Labute approximate surface area is 131 Å². The van der Waals surface area contributed by atoms with Gasteiger partial charge in [-0.3, -0.25) is 4.79 Å². The first-order chi connectivity index (χ1) is 8.72. The maximum absolute atomic E-state index is 11.5. The summed E-state index contributed by atoms with van der Waals surface area (Å²) < 4.78 is 0. The summed E-state index contributed by atoms with van der Waals surface area (Å²) in [6.45, 7) is 2.91. The van der Waals surface area contributed by atoms with Crippen LogP contribution in [0.4, 0.5) is 5.69 Å². The quantitative estimate of drug-likeness (QED) is 0.307. The number of carbonyl (C=O) groups excluding carboxylic acids is 1. The fraction of sp³-hybridized carbons (Fsp3) is 0.385. The van der Waals surface area contributed by atoms with Gasteiger partial charge in [0.1, 0.15) is 6.54 Å². The second kappa shape index (κ2) is 10.6. The topological polar surface area (TPSA) is 79.5 Å². The van der Waals surface area contributed by atoms with Crippen molar-refractivity contribution >= 4 is 41.5 Å². The van der Waals surface area contributed by atoms with Crippen molar-refractivity contribution in [2.75, 3.05) is 18.4 Å². The molecule has 106 valence electrons. The molecule has 0 aliphatic heterocycles. The van der Waals surface area contributed by atoms with Gasteiger partial charge in [-0.05, 0) is 18.6 Å². The molecule has 0 saturated heterocycles. The molecule has 1 aromatic rings. The molecule has 0 radical (unpaired) electrons. The lowest BCUT2D eigenvalue weighted by atomic mass is 10.3. The van der Waals surface area contributed by atoms with Gasteiger partial charge in [0, 0.05) is 12.2 Å². The second-order valence-electron chi connectivity index (χ2n) is 3.90. The Balaban J connectivity index is 0.00000324. The van der Waals surface area contributed by atoms with Gasteiger partial charge in [0.05, 0.1) is 0 Å². The van der Waals surface area contributed by atoms with Crippen LogP contribution in [-0.4, -0.2) is 25.0 Å². The smallest absolute Gasteiger partial charge is 0.246 e. The summed E-state index contributed by atoms with van der Waals surface area (Å²) in [5.41, 5.74) is 6.37. The van der Waals surface area contributed by atoms with Gasteiger partial charge in [0.25, 0.3) is 0 Å². The molecule has 0 aliphatic rings. The number of hydrogen-bond acceptors (Lipinski definition) is 2. The highest BCUT2D eigenvalue weighted by Crippen LogP contribution is 2.04. The number of carbonyl (C=O) groups is 1. The van der Waals surface area contributed by atoms with Crippen LogP contribution in [0.5, 0.6) is 0 Å². The molecule has 5 nitrogen and oxygen atoms in total. The van der Waals surface area contributed by atoms with Crippen LogP contribution in [0.3, 0.4) is 0 Å². The molecule has 1 amide bonds. The van der Waals surface area contributed by atoms with E-state index in [0.717, 1.165) is 25.1 Å². The maximum Gasteiger partial charge on any atom is 0.246 e. The molecule has 0 spiro atoms. The van der Waals surface area contributed by atoms with E-state index in [1.807, 2.05) is 30.3 Å². The van der Waals surface area contributed by atoms with Crippen LogP contribution in [0.25, 0.3) is 0 Å². The molecular formula is C13H21IN4O. The summed E-state index contributed by atoms with van der Waals surface area (Å²) in [6, 6.07) is 9.26. The summed E-state index contributed by atoms with van der Waals surface area (Å²) in [7, 11) is 0. The molecule has 0 fully saturated rings. The molecule has 6 heteroatoms. The Bertz CT molecular complexity index is 395. The van der Waals surface area contributed by atoms with Gasteiger partial charge >= 0.3 is 0 Å². The van der Waals surface area contributed by atoms with Crippen LogP contribution < -0.4 is 16.4 Å². The molecule has 4 N–H and O–H groups in total. The number of aliphatic imine (C=N–C) groups is 1. The standard InChI is InChI=1S/C13H20N4O.HI/c1-2-3-9-15-13(14)16-10-12(18)17-11-7-5-4-6-8-11;/h4-8H,2-3,9-10H2,1H3,(H,17,18)(H3,14,15,16);1H. The zero-order valence-electron chi connectivity index (χ0n) is 11.1. The van der Waals surface area contributed by atoms with Crippen molar-refractivity contribution in [1.29, 1.82) is 0 Å². The van der Waals surface area contributed by atoms with Gasteiger partial charge in [-0.15, -0.1) is 24.0 Å². The van der Waals surface area contributed by atoms with E-state index in [9.17, 15) is 4.79 Å². The van der Waals surface area contributed by atoms with Crippen molar-refractivity contribution in [2.45, 2.75) is 19.8 Å². The first-order valence-corrected chi connectivity index (χ1v) is 6.11. The first kappa shape index (κ1) is 17.7. The highest BCUT2D eigenvalue weighted by Gasteiger charge is 2.00. The predicted octanol–water partition coefficient (Wildman–Crippen LogP) is 1.95. The fourth-order valence-electron chi connectivity index (χ4n) is 1.33. The molecule has 0 saturated carbocycles. The van der Waals surface area contributed by atoms with Gasteiger partial charge in [-0.25, -0.2) is 4.99 Å². The van der Waals surface area contributed by atoms with E-state index in [1.54, 1.807) is 0 Å². The highest BCUT2D eigenvalue weighted by atomic mass is 127. The number of guanidine groups is 1. The average molecular weight is 376 g/mol. The van der Waals surface area contributed by atoms with Gasteiger partial charge < -0.3 is 16.4 Å². The molecule has 0 heterocycles. The summed E-state index contributed by atoms with van der Waals surface area (Å²) in [5, 5.41) is 5.69. The minimum absolute atomic E-state index is 0. The van der Waals surface area contributed by atoms with Gasteiger partial charge in [0.15, 0.2) is 5.96 Å². The average Bonchev–Trinajstić information content (AvgIpc) is 2.38. The summed E-state index contributed by atoms with van der Waals surface area (Å²) >= 11 is 0. The zero-order chi connectivity index (χ0) is 13.2.